The number of aromatic amines is 1. The Balaban J connectivity index is 1.79. The number of nitrogens with zero attached hydrogens (tertiary/aromatic N) is 1. The largest absolute Gasteiger partial charge is 0.317 e. The van der Waals surface area contributed by atoms with Gasteiger partial charge in [-0.1, -0.05) is 0 Å². The zero-order valence-corrected chi connectivity index (χ0v) is 8.87. The fourth-order valence-corrected chi connectivity index (χ4v) is 2.37. The maximum absolute atomic E-state index is 3.37. The van der Waals surface area contributed by atoms with E-state index < -0.39 is 0 Å². The second-order valence-electron chi connectivity index (χ2n) is 4.31. The van der Waals surface area contributed by atoms with E-state index in [1.165, 1.54) is 32.2 Å². The third-order valence-corrected chi connectivity index (χ3v) is 3.33. The van der Waals surface area contributed by atoms with Crippen molar-refractivity contribution < 1.29 is 4.57 Å². The van der Waals surface area contributed by atoms with Crippen molar-refractivity contribution in [3.63, 3.8) is 0 Å². The Hall–Kier alpha value is -0.830. The van der Waals surface area contributed by atoms with Gasteiger partial charge in [0.25, 0.3) is 0 Å². The molecule has 3 heteroatoms. The van der Waals surface area contributed by atoms with E-state index in [0.717, 1.165) is 12.0 Å². The zero-order chi connectivity index (χ0) is 9.80. The van der Waals surface area contributed by atoms with Crippen LogP contribution < -0.4 is 9.88 Å². The highest BCUT2D eigenvalue weighted by Gasteiger charge is 2.21. The molecule has 0 amide bonds. The van der Waals surface area contributed by atoms with Crippen LogP contribution in [0.2, 0.25) is 0 Å². The summed E-state index contributed by atoms with van der Waals surface area (Å²) in [7, 11) is 2.08. The Bertz CT molecular complexity index is 248. The van der Waals surface area contributed by atoms with Crippen molar-refractivity contribution in [1.29, 1.82) is 0 Å². The molecule has 0 aliphatic heterocycles. The molecule has 1 heterocycles. The first-order valence-corrected chi connectivity index (χ1v) is 5.57. The molecule has 0 aromatic carbocycles. The monoisotopic (exact) mass is 194 g/mol. The minimum atomic E-state index is 0.766. The molecule has 14 heavy (non-hydrogen) atoms. The number of hydrogen-bond donors (Lipinski definition) is 2. The highest BCUT2D eigenvalue weighted by Crippen LogP contribution is 2.23. The third-order valence-electron chi connectivity index (χ3n) is 3.33. The Kier molecular flexibility index (Phi) is 3.19. The summed E-state index contributed by atoms with van der Waals surface area (Å²) in [5.41, 5.74) is 0. The van der Waals surface area contributed by atoms with E-state index in [1.54, 1.807) is 0 Å². The average molecular weight is 194 g/mol. The minimum absolute atomic E-state index is 0.766. The topological polar surface area (TPSA) is 31.7 Å². The van der Waals surface area contributed by atoms with Crippen LogP contribution in [0.25, 0.3) is 0 Å². The Morgan fingerprint density at radius 2 is 2.14 bits per heavy atom. The molecule has 1 fully saturated rings. The third kappa shape index (κ3) is 2.35. The van der Waals surface area contributed by atoms with Gasteiger partial charge in [0.05, 0.1) is 6.54 Å². The maximum Gasteiger partial charge on any atom is 0.241 e. The lowest BCUT2D eigenvalue weighted by molar-refractivity contribution is -0.702. The Morgan fingerprint density at radius 3 is 2.71 bits per heavy atom. The van der Waals surface area contributed by atoms with Crippen LogP contribution in [0.3, 0.4) is 0 Å². The minimum Gasteiger partial charge on any atom is -0.317 e. The van der Waals surface area contributed by atoms with Crippen LogP contribution in [-0.4, -0.2) is 18.1 Å². The summed E-state index contributed by atoms with van der Waals surface area (Å²) in [4.78, 5) is 3.09. The van der Waals surface area contributed by atoms with Gasteiger partial charge in [0.15, 0.2) is 0 Å². The summed E-state index contributed by atoms with van der Waals surface area (Å²) in [6, 6.07) is 0.766. The molecule has 1 aromatic rings. The molecule has 78 valence electrons. The first kappa shape index (κ1) is 9.71. The first-order valence-electron chi connectivity index (χ1n) is 5.57. The van der Waals surface area contributed by atoms with Crippen molar-refractivity contribution in [1.82, 2.24) is 10.3 Å². The lowest BCUT2D eigenvalue weighted by Crippen LogP contribution is -2.38. The van der Waals surface area contributed by atoms with Gasteiger partial charge in [-0.15, -0.1) is 0 Å². The van der Waals surface area contributed by atoms with E-state index in [4.69, 9.17) is 0 Å². The average Bonchev–Trinajstić information content (AvgIpc) is 2.72. The van der Waals surface area contributed by atoms with E-state index in [1.807, 2.05) is 12.5 Å². The van der Waals surface area contributed by atoms with Crippen molar-refractivity contribution in [2.45, 2.75) is 38.3 Å². The fraction of sp³-hybridized carbons (Fsp3) is 0.727. The van der Waals surface area contributed by atoms with Crippen LogP contribution in [0.15, 0.2) is 18.7 Å². The van der Waals surface area contributed by atoms with Gasteiger partial charge < -0.3 is 5.32 Å². The summed E-state index contributed by atoms with van der Waals surface area (Å²) in [5.74, 6) is 0.875. The van der Waals surface area contributed by atoms with Crippen LogP contribution in [0.1, 0.15) is 25.7 Å². The Labute approximate surface area is 85.5 Å². The molecule has 0 unspecified atom stereocenters. The summed E-state index contributed by atoms with van der Waals surface area (Å²) in [5, 5.41) is 3.37. The summed E-state index contributed by atoms with van der Waals surface area (Å²) in [6.07, 6.45) is 11.6. The molecule has 0 atom stereocenters. The van der Waals surface area contributed by atoms with Gasteiger partial charge in [-0.3, -0.25) is 4.98 Å². The standard InChI is InChI=1S/C11H19N3/c1-12-11-4-2-10(3-5-11)8-14-7-6-13-9-14/h6-7,9-12H,2-5,8H2,1H3/p+1. The van der Waals surface area contributed by atoms with Crippen molar-refractivity contribution in [3.05, 3.63) is 18.7 Å². The smallest absolute Gasteiger partial charge is 0.241 e. The number of nitrogens with one attached hydrogen (secondary N) is 2. The molecular formula is C11H20N3+. The van der Waals surface area contributed by atoms with E-state index in [0.29, 0.717) is 0 Å². The number of hydrogen-bond acceptors (Lipinski definition) is 1. The van der Waals surface area contributed by atoms with Gasteiger partial charge in [0, 0.05) is 6.04 Å². The number of imidazole rings is 1. The SMILES string of the molecule is CNC1CCC(C[n+]2cc[nH]c2)CC1. The van der Waals surface area contributed by atoms with Gasteiger partial charge in [-0.25, -0.2) is 4.57 Å². The molecule has 0 bridgehead atoms. The number of rotatable bonds is 3. The van der Waals surface area contributed by atoms with Crippen LogP contribution in [0, 0.1) is 5.92 Å². The van der Waals surface area contributed by atoms with Crippen molar-refractivity contribution in [3.8, 4) is 0 Å². The molecule has 0 saturated heterocycles. The molecule has 1 aromatic heterocycles. The van der Waals surface area contributed by atoms with Crippen molar-refractivity contribution in [2.24, 2.45) is 5.92 Å². The quantitative estimate of drug-likeness (QED) is 0.693. The van der Waals surface area contributed by atoms with E-state index in [9.17, 15) is 0 Å². The second kappa shape index (κ2) is 4.60. The summed E-state index contributed by atoms with van der Waals surface area (Å²) >= 11 is 0. The molecule has 2 rings (SSSR count). The normalized spacial score (nSPS) is 27.8. The van der Waals surface area contributed by atoms with Gasteiger partial charge in [0.1, 0.15) is 12.4 Å². The highest BCUT2D eigenvalue weighted by molar-refractivity contribution is 4.74. The van der Waals surface area contributed by atoms with E-state index in [2.05, 4.69) is 28.1 Å². The maximum atomic E-state index is 3.37. The van der Waals surface area contributed by atoms with Gasteiger partial charge >= 0.3 is 0 Å². The van der Waals surface area contributed by atoms with Gasteiger partial charge in [-0.05, 0) is 38.6 Å². The number of aromatic nitrogens is 2. The van der Waals surface area contributed by atoms with Crippen LogP contribution in [0.5, 0.6) is 0 Å². The molecular weight excluding hydrogens is 174 g/mol. The van der Waals surface area contributed by atoms with Crippen LogP contribution >= 0.6 is 0 Å². The fourth-order valence-electron chi connectivity index (χ4n) is 2.37. The Morgan fingerprint density at radius 1 is 1.36 bits per heavy atom. The van der Waals surface area contributed by atoms with Gasteiger partial charge in [-0.2, -0.15) is 0 Å². The first-order chi connectivity index (χ1) is 6.88. The predicted octanol–water partition coefficient (Wildman–Crippen LogP) is 1.08. The molecule has 1 aliphatic rings. The van der Waals surface area contributed by atoms with E-state index >= 15 is 0 Å². The number of H-pyrrole nitrogens is 1. The lowest BCUT2D eigenvalue weighted by atomic mass is 9.86. The van der Waals surface area contributed by atoms with Crippen molar-refractivity contribution >= 4 is 0 Å². The predicted molar refractivity (Wildman–Crippen MR) is 55.8 cm³/mol. The van der Waals surface area contributed by atoms with Crippen molar-refractivity contribution in [2.75, 3.05) is 7.05 Å². The summed E-state index contributed by atoms with van der Waals surface area (Å²) in [6.45, 7) is 1.18. The lowest BCUT2D eigenvalue weighted by Gasteiger charge is -2.26. The molecule has 1 aliphatic carbocycles. The van der Waals surface area contributed by atoms with Crippen LogP contribution in [0.4, 0.5) is 0 Å². The molecule has 2 N–H and O–H groups in total. The molecule has 0 spiro atoms. The molecule has 0 radical (unpaired) electrons. The summed E-state index contributed by atoms with van der Waals surface area (Å²) < 4.78 is 2.25. The van der Waals surface area contributed by atoms with E-state index in [-0.39, 0.29) is 0 Å². The second-order valence-corrected chi connectivity index (χ2v) is 4.31. The van der Waals surface area contributed by atoms with Crippen LogP contribution in [-0.2, 0) is 6.54 Å². The van der Waals surface area contributed by atoms with Gasteiger partial charge in [0.2, 0.25) is 6.33 Å². The molecule has 1 saturated carbocycles. The highest BCUT2D eigenvalue weighted by atomic mass is 15.0. The molecule has 3 nitrogen and oxygen atoms in total. The zero-order valence-electron chi connectivity index (χ0n) is 8.87.